The highest BCUT2D eigenvalue weighted by molar-refractivity contribution is 5.23. The first-order valence-electron chi connectivity index (χ1n) is 7.04. The average molecular weight is 285 g/mol. The summed E-state index contributed by atoms with van der Waals surface area (Å²) in [7, 11) is 4.01. The predicted octanol–water partition coefficient (Wildman–Crippen LogP) is 2.24. The molecule has 1 aromatic rings. The van der Waals surface area contributed by atoms with Gasteiger partial charge >= 0.3 is 0 Å². The number of benzene rings is 1. The molecule has 0 saturated heterocycles. The van der Waals surface area contributed by atoms with Crippen LogP contribution in [0.4, 0.5) is 8.78 Å². The number of halogens is 2. The molecule has 0 spiro atoms. The lowest BCUT2D eigenvalue weighted by Gasteiger charge is -2.31. The minimum atomic E-state index is -0.522. The largest absolute Gasteiger partial charge is 0.329 e. The van der Waals surface area contributed by atoms with Crippen molar-refractivity contribution in [2.75, 3.05) is 40.3 Å². The van der Waals surface area contributed by atoms with E-state index in [0.29, 0.717) is 6.54 Å². The van der Waals surface area contributed by atoms with Crippen LogP contribution in [-0.2, 0) is 0 Å². The molecule has 5 heteroatoms. The lowest BCUT2D eigenvalue weighted by Crippen LogP contribution is -2.36. The van der Waals surface area contributed by atoms with Crippen LogP contribution in [0.15, 0.2) is 18.2 Å². The number of rotatable bonds is 8. The molecule has 0 heterocycles. The number of likely N-dealkylation sites (N-methyl/N-ethyl adjacent to an activating group) is 1. The van der Waals surface area contributed by atoms with Gasteiger partial charge in [-0.05, 0) is 45.7 Å². The first-order chi connectivity index (χ1) is 9.51. The van der Waals surface area contributed by atoms with Gasteiger partial charge in [0.1, 0.15) is 11.6 Å². The summed E-state index contributed by atoms with van der Waals surface area (Å²) in [5.41, 5.74) is 5.85. The molecule has 0 fully saturated rings. The zero-order valence-electron chi connectivity index (χ0n) is 12.6. The first kappa shape index (κ1) is 17.0. The van der Waals surface area contributed by atoms with Crippen LogP contribution in [0.1, 0.15) is 24.9 Å². The summed E-state index contributed by atoms with van der Waals surface area (Å²) in [4.78, 5) is 4.12. The van der Waals surface area contributed by atoms with Crippen molar-refractivity contribution in [2.45, 2.75) is 19.4 Å². The quantitative estimate of drug-likeness (QED) is 0.795. The molecule has 1 aromatic carbocycles. The maximum Gasteiger partial charge on any atom is 0.130 e. The molecule has 0 saturated carbocycles. The van der Waals surface area contributed by atoms with Gasteiger partial charge in [0.25, 0.3) is 0 Å². The number of hydrogen-bond donors (Lipinski definition) is 1. The SMILES string of the molecule is CCN(CCCN(C)C)C(CN)c1c(F)cccc1F. The normalized spacial score (nSPS) is 13.2. The summed E-state index contributed by atoms with van der Waals surface area (Å²) in [5.74, 6) is -1.04. The Morgan fingerprint density at radius 1 is 1.15 bits per heavy atom. The highest BCUT2D eigenvalue weighted by Gasteiger charge is 2.23. The van der Waals surface area contributed by atoms with Gasteiger partial charge in [0, 0.05) is 18.7 Å². The van der Waals surface area contributed by atoms with Crippen LogP contribution in [0.25, 0.3) is 0 Å². The molecule has 0 aliphatic carbocycles. The van der Waals surface area contributed by atoms with Crippen molar-refractivity contribution >= 4 is 0 Å². The van der Waals surface area contributed by atoms with Crippen LogP contribution < -0.4 is 5.73 Å². The standard InChI is InChI=1S/C15H25F2N3/c1-4-20(10-6-9-19(2)3)14(11-18)15-12(16)7-5-8-13(15)17/h5,7-8,14H,4,6,9-11,18H2,1-3H3. The smallest absolute Gasteiger partial charge is 0.130 e. The van der Waals surface area contributed by atoms with E-state index in [1.54, 1.807) is 0 Å². The molecule has 3 nitrogen and oxygen atoms in total. The fourth-order valence-electron chi connectivity index (χ4n) is 2.40. The Kier molecular flexibility index (Phi) is 7.05. The molecule has 2 N–H and O–H groups in total. The van der Waals surface area contributed by atoms with E-state index >= 15 is 0 Å². The molecule has 0 aliphatic rings. The molecule has 1 atom stereocenters. The molecule has 1 rings (SSSR count). The average Bonchev–Trinajstić information content (AvgIpc) is 2.40. The van der Waals surface area contributed by atoms with Gasteiger partial charge in [-0.1, -0.05) is 13.0 Å². The van der Waals surface area contributed by atoms with Crippen LogP contribution in [0.2, 0.25) is 0 Å². The monoisotopic (exact) mass is 285 g/mol. The van der Waals surface area contributed by atoms with Gasteiger partial charge in [-0.2, -0.15) is 0 Å². The summed E-state index contributed by atoms with van der Waals surface area (Å²) in [6.45, 7) is 4.60. The zero-order chi connectivity index (χ0) is 15.1. The van der Waals surface area contributed by atoms with E-state index in [9.17, 15) is 8.78 Å². The lowest BCUT2D eigenvalue weighted by molar-refractivity contribution is 0.194. The maximum absolute atomic E-state index is 13.9. The molecule has 0 aromatic heterocycles. The fourth-order valence-corrected chi connectivity index (χ4v) is 2.40. The van der Waals surface area contributed by atoms with Crippen LogP contribution >= 0.6 is 0 Å². The third-order valence-electron chi connectivity index (χ3n) is 3.45. The van der Waals surface area contributed by atoms with Gasteiger partial charge in [-0.15, -0.1) is 0 Å². The van der Waals surface area contributed by atoms with Crippen molar-refractivity contribution in [3.05, 3.63) is 35.4 Å². The van der Waals surface area contributed by atoms with Gasteiger partial charge in [0.2, 0.25) is 0 Å². The van der Waals surface area contributed by atoms with E-state index < -0.39 is 17.7 Å². The number of nitrogens with two attached hydrogens (primary N) is 1. The van der Waals surface area contributed by atoms with Gasteiger partial charge in [-0.25, -0.2) is 8.78 Å². The van der Waals surface area contributed by atoms with E-state index in [4.69, 9.17) is 5.73 Å². The highest BCUT2D eigenvalue weighted by Crippen LogP contribution is 2.25. The minimum absolute atomic E-state index is 0.0849. The van der Waals surface area contributed by atoms with Crippen LogP contribution in [0.5, 0.6) is 0 Å². The zero-order valence-corrected chi connectivity index (χ0v) is 12.6. The van der Waals surface area contributed by atoms with Crippen molar-refractivity contribution < 1.29 is 8.78 Å². The Bertz CT molecular complexity index is 390. The second kappa shape index (κ2) is 8.29. The van der Waals surface area contributed by atoms with Gasteiger partial charge < -0.3 is 10.6 Å². The third-order valence-corrected chi connectivity index (χ3v) is 3.45. The van der Waals surface area contributed by atoms with Crippen molar-refractivity contribution in [1.29, 1.82) is 0 Å². The van der Waals surface area contributed by atoms with Gasteiger partial charge in [-0.3, -0.25) is 4.90 Å². The minimum Gasteiger partial charge on any atom is -0.329 e. The summed E-state index contributed by atoms with van der Waals surface area (Å²) >= 11 is 0. The molecule has 114 valence electrons. The van der Waals surface area contributed by atoms with E-state index in [0.717, 1.165) is 19.5 Å². The van der Waals surface area contributed by atoms with Gasteiger partial charge in [0.05, 0.1) is 6.04 Å². The molecule has 0 bridgehead atoms. The fraction of sp³-hybridized carbons (Fsp3) is 0.600. The number of nitrogens with zero attached hydrogens (tertiary/aromatic N) is 2. The van der Waals surface area contributed by atoms with Crippen molar-refractivity contribution in [3.63, 3.8) is 0 Å². The Morgan fingerprint density at radius 2 is 1.75 bits per heavy atom. The molecule has 1 unspecified atom stereocenters. The summed E-state index contributed by atoms with van der Waals surface area (Å²) in [6.07, 6.45) is 0.938. The molecule has 0 radical (unpaired) electrons. The molecule has 0 aliphatic heterocycles. The first-order valence-corrected chi connectivity index (χ1v) is 7.04. The summed E-state index contributed by atoms with van der Waals surface area (Å²) in [6, 6.07) is 3.54. The Balaban J connectivity index is 2.86. The Labute approximate surface area is 120 Å². The van der Waals surface area contributed by atoms with Crippen LogP contribution in [0, 0.1) is 11.6 Å². The van der Waals surface area contributed by atoms with Crippen molar-refractivity contribution in [1.82, 2.24) is 9.80 Å². The maximum atomic E-state index is 13.9. The summed E-state index contributed by atoms with van der Waals surface area (Å²) < 4.78 is 27.8. The second-order valence-corrected chi connectivity index (χ2v) is 5.17. The Hall–Kier alpha value is -1.04. The van der Waals surface area contributed by atoms with Crippen molar-refractivity contribution in [3.8, 4) is 0 Å². The van der Waals surface area contributed by atoms with E-state index in [-0.39, 0.29) is 12.1 Å². The molecule has 20 heavy (non-hydrogen) atoms. The Morgan fingerprint density at radius 3 is 2.20 bits per heavy atom. The van der Waals surface area contributed by atoms with E-state index in [2.05, 4.69) is 4.90 Å². The highest BCUT2D eigenvalue weighted by atomic mass is 19.1. The van der Waals surface area contributed by atoms with Crippen molar-refractivity contribution in [2.24, 2.45) is 5.73 Å². The third kappa shape index (κ3) is 4.51. The lowest BCUT2D eigenvalue weighted by atomic mass is 10.0. The van der Waals surface area contributed by atoms with Crippen LogP contribution in [0.3, 0.4) is 0 Å². The number of hydrogen-bond acceptors (Lipinski definition) is 3. The molecular weight excluding hydrogens is 260 g/mol. The molecule has 0 amide bonds. The second-order valence-electron chi connectivity index (χ2n) is 5.17. The molecular formula is C15H25F2N3. The van der Waals surface area contributed by atoms with Crippen LogP contribution in [-0.4, -0.2) is 50.1 Å². The topological polar surface area (TPSA) is 32.5 Å². The van der Waals surface area contributed by atoms with Gasteiger partial charge in [0.15, 0.2) is 0 Å². The predicted molar refractivity (Wildman–Crippen MR) is 78.6 cm³/mol. The van der Waals surface area contributed by atoms with E-state index in [1.165, 1.54) is 18.2 Å². The van der Waals surface area contributed by atoms with E-state index in [1.807, 2.05) is 25.9 Å². The summed E-state index contributed by atoms with van der Waals surface area (Å²) in [5, 5.41) is 0.